The summed E-state index contributed by atoms with van der Waals surface area (Å²) in [6.45, 7) is 14.2. The zero-order valence-electron chi connectivity index (χ0n) is 12.0. The van der Waals surface area contributed by atoms with Crippen molar-refractivity contribution in [3.05, 3.63) is 12.2 Å². The van der Waals surface area contributed by atoms with E-state index < -0.39 is 0 Å². The predicted molar refractivity (Wildman–Crippen MR) is 76.4 cm³/mol. The third-order valence-corrected chi connectivity index (χ3v) is 3.56. The van der Waals surface area contributed by atoms with Gasteiger partial charge in [-0.1, -0.05) is 40.2 Å². The van der Waals surface area contributed by atoms with E-state index in [1.54, 1.807) is 0 Å². The molecule has 1 atom stereocenters. The molecule has 2 heteroatoms. The Morgan fingerprint density at radius 1 is 1.41 bits per heavy atom. The Balaban J connectivity index is 2.33. The highest BCUT2D eigenvalue weighted by Crippen LogP contribution is 2.21. The van der Waals surface area contributed by atoms with Crippen molar-refractivity contribution in [3.63, 3.8) is 0 Å². The van der Waals surface area contributed by atoms with Crippen LogP contribution in [-0.2, 0) is 0 Å². The number of nitrogens with one attached hydrogen (secondary N) is 1. The second-order valence-electron chi connectivity index (χ2n) is 5.69. The van der Waals surface area contributed by atoms with E-state index in [-0.39, 0.29) is 0 Å². The molecular weight excluding hydrogens is 208 g/mol. The molecule has 0 aromatic carbocycles. The highest BCUT2D eigenvalue weighted by molar-refractivity contribution is 5.01. The molecule has 1 rings (SSSR count). The summed E-state index contributed by atoms with van der Waals surface area (Å²) in [5.41, 5.74) is 1.33. The maximum absolute atomic E-state index is 4.21. The molecule has 0 aromatic heterocycles. The fourth-order valence-corrected chi connectivity index (χ4v) is 2.62. The molecule has 0 aliphatic carbocycles. The molecule has 0 spiro atoms. The Morgan fingerprint density at radius 3 is 2.82 bits per heavy atom. The first-order valence-electron chi connectivity index (χ1n) is 7.27. The van der Waals surface area contributed by atoms with Crippen molar-refractivity contribution in [2.45, 2.75) is 65.0 Å². The SMILES string of the molecule is C=C(CNC(C)C)CN1CCCCC1CCC. The van der Waals surface area contributed by atoms with Crippen molar-refractivity contribution in [2.24, 2.45) is 0 Å². The molecule has 1 N–H and O–H groups in total. The van der Waals surface area contributed by atoms with Crippen molar-refractivity contribution in [3.8, 4) is 0 Å². The summed E-state index contributed by atoms with van der Waals surface area (Å²) in [5.74, 6) is 0. The van der Waals surface area contributed by atoms with E-state index in [1.165, 1.54) is 44.2 Å². The van der Waals surface area contributed by atoms with Crippen LogP contribution in [0.4, 0.5) is 0 Å². The lowest BCUT2D eigenvalue weighted by atomic mass is 9.97. The smallest absolute Gasteiger partial charge is 0.0205 e. The van der Waals surface area contributed by atoms with Crippen molar-refractivity contribution >= 4 is 0 Å². The third kappa shape index (κ3) is 5.69. The highest BCUT2D eigenvalue weighted by atomic mass is 15.2. The van der Waals surface area contributed by atoms with Crippen molar-refractivity contribution in [1.82, 2.24) is 10.2 Å². The topological polar surface area (TPSA) is 15.3 Å². The van der Waals surface area contributed by atoms with Crippen LogP contribution in [0, 0.1) is 0 Å². The summed E-state index contributed by atoms with van der Waals surface area (Å²) in [5, 5.41) is 3.46. The van der Waals surface area contributed by atoms with Crippen molar-refractivity contribution in [1.29, 1.82) is 0 Å². The summed E-state index contributed by atoms with van der Waals surface area (Å²) < 4.78 is 0. The summed E-state index contributed by atoms with van der Waals surface area (Å²) in [4.78, 5) is 2.65. The Bertz CT molecular complexity index is 221. The molecule has 1 unspecified atom stereocenters. The van der Waals surface area contributed by atoms with E-state index in [1.807, 2.05) is 0 Å². The van der Waals surface area contributed by atoms with Crippen LogP contribution in [-0.4, -0.2) is 36.6 Å². The van der Waals surface area contributed by atoms with Gasteiger partial charge in [-0.25, -0.2) is 0 Å². The lowest BCUT2D eigenvalue weighted by molar-refractivity contribution is 0.151. The zero-order valence-corrected chi connectivity index (χ0v) is 12.0. The molecule has 1 heterocycles. The van der Waals surface area contributed by atoms with Gasteiger partial charge in [0, 0.05) is 25.2 Å². The van der Waals surface area contributed by atoms with Crippen LogP contribution in [0.25, 0.3) is 0 Å². The molecule has 100 valence electrons. The summed E-state index contributed by atoms with van der Waals surface area (Å²) in [6, 6.07) is 1.36. The molecule has 0 amide bonds. The molecule has 0 saturated carbocycles. The van der Waals surface area contributed by atoms with Gasteiger partial charge in [0.2, 0.25) is 0 Å². The van der Waals surface area contributed by atoms with Crippen LogP contribution in [0.1, 0.15) is 52.9 Å². The minimum Gasteiger partial charge on any atom is -0.311 e. The predicted octanol–water partition coefficient (Wildman–Crippen LogP) is 3.20. The quantitative estimate of drug-likeness (QED) is 0.685. The number of rotatable bonds is 7. The standard InChI is InChI=1S/C15H30N2/c1-5-8-15-9-6-7-10-17(15)12-14(4)11-16-13(2)3/h13,15-16H,4-12H2,1-3H3. The van der Waals surface area contributed by atoms with Crippen LogP contribution in [0.15, 0.2) is 12.2 Å². The molecule has 0 radical (unpaired) electrons. The monoisotopic (exact) mass is 238 g/mol. The van der Waals surface area contributed by atoms with E-state index in [0.29, 0.717) is 6.04 Å². The number of piperidine rings is 1. The second-order valence-corrected chi connectivity index (χ2v) is 5.69. The van der Waals surface area contributed by atoms with E-state index >= 15 is 0 Å². The third-order valence-electron chi connectivity index (χ3n) is 3.56. The Labute approximate surface area is 107 Å². The van der Waals surface area contributed by atoms with Crippen molar-refractivity contribution < 1.29 is 0 Å². The van der Waals surface area contributed by atoms with E-state index in [9.17, 15) is 0 Å². The number of hydrogen-bond donors (Lipinski definition) is 1. The van der Waals surface area contributed by atoms with E-state index in [2.05, 4.69) is 37.6 Å². The molecule has 1 saturated heterocycles. The lowest BCUT2D eigenvalue weighted by Crippen LogP contribution is -2.41. The Morgan fingerprint density at radius 2 is 2.18 bits per heavy atom. The van der Waals surface area contributed by atoms with Crippen LogP contribution < -0.4 is 5.32 Å². The first kappa shape index (κ1) is 14.7. The average Bonchev–Trinajstić information content (AvgIpc) is 2.29. The number of likely N-dealkylation sites (tertiary alicyclic amines) is 1. The molecule has 0 bridgehead atoms. The molecular formula is C15H30N2. The largest absolute Gasteiger partial charge is 0.311 e. The van der Waals surface area contributed by atoms with Crippen molar-refractivity contribution in [2.75, 3.05) is 19.6 Å². The van der Waals surface area contributed by atoms with Gasteiger partial charge in [-0.15, -0.1) is 0 Å². The van der Waals surface area contributed by atoms with Gasteiger partial charge < -0.3 is 5.32 Å². The minimum absolute atomic E-state index is 0.555. The number of nitrogens with zero attached hydrogens (tertiary/aromatic N) is 1. The summed E-state index contributed by atoms with van der Waals surface area (Å²) >= 11 is 0. The highest BCUT2D eigenvalue weighted by Gasteiger charge is 2.21. The zero-order chi connectivity index (χ0) is 12.7. The first-order chi connectivity index (χ1) is 8.13. The van der Waals surface area contributed by atoms with Crippen LogP contribution in [0.2, 0.25) is 0 Å². The second kappa shape index (κ2) is 7.88. The van der Waals surface area contributed by atoms with Gasteiger partial charge >= 0.3 is 0 Å². The fraction of sp³-hybridized carbons (Fsp3) is 0.867. The van der Waals surface area contributed by atoms with Gasteiger partial charge in [-0.3, -0.25) is 4.90 Å². The van der Waals surface area contributed by atoms with Gasteiger partial charge in [0.15, 0.2) is 0 Å². The molecule has 1 aliphatic heterocycles. The molecule has 2 nitrogen and oxygen atoms in total. The Hall–Kier alpha value is -0.340. The molecule has 1 fully saturated rings. The number of hydrogen-bond acceptors (Lipinski definition) is 2. The van der Waals surface area contributed by atoms with Crippen LogP contribution in [0.5, 0.6) is 0 Å². The molecule has 0 aromatic rings. The van der Waals surface area contributed by atoms with E-state index in [4.69, 9.17) is 0 Å². The van der Waals surface area contributed by atoms with Gasteiger partial charge in [-0.05, 0) is 31.4 Å². The Kier molecular flexibility index (Phi) is 6.83. The minimum atomic E-state index is 0.555. The van der Waals surface area contributed by atoms with Gasteiger partial charge in [-0.2, -0.15) is 0 Å². The first-order valence-corrected chi connectivity index (χ1v) is 7.27. The normalized spacial score (nSPS) is 22.0. The molecule has 1 aliphatic rings. The average molecular weight is 238 g/mol. The van der Waals surface area contributed by atoms with Crippen LogP contribution in [0.3, 0.4) is 0 Å². The van der Waals surface area contributed by atoms with Gasteiger partial charge in [0.05, 0.1) is 0 Å². The van der Waals surface area contributed by atoms with E-state index in [0.717, 1.165) is 19.1 Å². The fourth-order valence-electron chi connectivity index (χ4n) is 2.62. The van der Waals surface area contributed by atoms with Crippen LogP contribution >= 0.6 is 0 Å². The summed E-state index contributed by atoms with van der Waals surface area (Å²) in [6.07, 6.45) is 6.82. The maximum Gasteiger partial charge on any atom is 0.0205 e. The summed E-state index contributed by atoms with van der Waals surface area (Å²) in [7, 11) is 0. The lowest BCUT2D eigenvalue weighted by Gasteiger charge is -2.36. The maximum atomic E-state index is 4.21. The van der Waals surface area contributed by atoms with Gasteiger partial charge in [0.25, 0.3) is 0 Å². The molecule has 17 heavy (non-hydrogen) atoms. The van der Waals surface area contributed by atoms with Gasteiger partial charge in [0.1, 0.15) is 0 Å².